The number of benzene rings is 2. The van der Waals surface area contributed by atoms with Crippen molar-refractivity contribution in [1.29, 1.82) is 0 Å². The average Bonchev–Trinajstić information content (AvgIpc) is 3.00. The molecule has 2 aromatic carbocycles. The predicted octanol–water partition coefficient (Wildman–Crippen LogP) is 2.11. The van der Waals surface area contributed by atoms with E-state index in [0.29, 0.717) is 5.69 Å². The van der Waals surface area contributed by atoms with E-state index in [2.05, 4.69) is 10.0 Å². The number of amides is 3. The van der Waals surface area contributed by atoms with E-state index in [0.717, 1.165) is 4.90 Å². The molecule has 3 amide bonds. The predicted molar refractivity (Wildman–Crippen MR) is 106 cm³/mol. The Labute approximate surface area is 167 Å². The minimum Gasteiger partial charge on any atom is -0.495 e. The molecule has 1 heterocycles. The molecule has 0 bridgehead atoms. The van der Waals surface area contributed by atoms with Gasteiger partial charge in [0.05, 0.1) is 12.8 Å². The van der Waals surface area contributed by atoms with Crippen molar-refractivity contribution < 1.29 is 27.5 Å². The van der Waals surface area contributed by atoms with Gasteiger partial charge >= 0.3 is 0 Å². The number of sulfonamides is 1. The van der Waals surface area contributed by atoms with Crippen molar-refractivity contribution in [3.05, 3.63) is 42.5 Å². The van der Waals surface area contributed by atoms with Crippen molar-refractivity contribution in [2.45, 2.75) is 24.7 Å². The first-order valence-electron chi connectivity index (χ1n) is 8.65. The van der Waals surface area contributed by atoms with Gasteiger partial charge in [-0.1, -0.05) is 0 Å². The number of ether oxygens (including phenoxy) is 1. The Morgan fingerprint density at radius 3 is 2.14 bits per heavy atom. The van der Waals surface area contributed by atoms with Gasteiger partial charge in [-0.25, -0.2) is 8.42 Å². The van der Waals surface area contributed by atoms with Crippen molar-refractivity contribution in [2.24, 2.45) is 0 Å². The summed E-state index contributed by atoms with van der Waals surface area (Å²) in [5.74, 6) is -0.948. The Morgan fingerprint density at radius 2 is 1.59 bits per heavy atom. The van der Waals surface area contributed by atoms with Crippen LogP contribution >= 0.6 is 0 Å². The highest BCUT2D eigenvalue weighted by atomic mass is 32.2. The highest BCUT2D eigenvalue weighted by Gasteiger charge is 2.32. The standard InChI is InChI=1S/C19H19N3O6S/c1-12(23)20-13-3-5-14(6-4-13)21-29(26,27)17-11-15(7-8-16(17)28-2)22-18(24)9-10-19(22)25/h3-8,11,21H,9-10H2,1-2H3,(H,20,23). The number of carbonyl (C=O) groups is 3. The van der Waals surface area contributed by atoms with E-state index >= 15 is 0 Å². The monoisotopic (exact) mass is 417 g/mol. The Balaban J connectivity index is 1.93. The van der Waals surface area contributed by atoms with Crippen molar-refractivity contribution in [3.63, 3.8) is 0 Å². The summed E-state index contributed by atoms with van der Waals surface area (Å²) in [7, 11) is -2.77. The fourth-order valence-corrected chi connectivity index (χ4v) is 4.16. The van der Waals surface area contributed by atoms with Gasteiger partial charge in [-0.15, -0.1) is 0 Å². The van der Waals surface area contributed by atoms with Crippen LogP contribution in [0.4, 0.5) is 17.1 Å². The second kappa shape index (κ2) is 7.92. The summed E-state index contributed by atoms with van der Waals surface area (Å²) in [6.07, 6.45) is 0.178. The summed E-state index contributed by atoms with van der Waals surface area (Å²) in [6, 6.07) is 10.2. The zero-order valence-electron chi connectivity index (χ0n) is 15.8. The minimum absolute atomic E-state index is 0.0650. The summed E-state index contributed by atoms with van der Waals surface area (Å²) in [5, 5.41) is 2.59. The van der Waals surface area contributed by atoms with Crippen LogP contribution in [0.15, 0.2) is 47.4 Å². The molecule has 1 aliphatic rings. The highest BCUT2D eigenvalue weighted by molar-refractivity contribution is 7.92. The lowest BCUT2D eigenvalue weighted by Gasteiger charge is -2.17. The molecule has 9 nitrogen and oxygen atoms in total. The maximum absolute atomic E-state index is 12.9. The molecule has 1 saturated heterocycles. The molecule has 0 aliphatic carbocycles. The minimum atomic E-state index is -4.09. The third kappa shape index (κ3) is 4.37. The topological polar surface area (TPSA) is 122 Å². The van der Waals surface area contributed by atoms with Gasteiger partial charge < -0.3 is 10.1 Å². The van der Waals surface area contributed by atoms with Crippen LogP contribution in [0.2, 0.25) is 0 Å². The number of nitrogens with zero attached hydrogens (tertiary/aromatic N) is 1. The number of hydrogen-bond donors (Lipinski definition) is 2. The normalized spacial score (nSPS) is 14.1. The van der Waals surface area contributed by atoms with E-state index in [-0.39, 0.29) is 52.6 Å². The Kier molecular flexibility index (Phi) is 5.55. The fraction of sp³-hybridized carbons (Fsp3) is 0.211. The van der Waals surface area contributed by atoms with E-state index in [1.54, 1.807) is 12.1 Å². The molecule has 2 aromatic rings. The van der Waals surface area contributed by atoms with Gasteiger partial charge in [-0.2, -0.15) is 0 Å². The smallest absolute Gasteiger partial charge is 0.265 e. The fourth-order valence-electron chi connectivity index (χ4n) is 2.91. The maximum Gasteiger partial charge on any atom is 0.265 e. The zero-order valence-corrected chi connectivity index (χ0v) is 16.6. The van der Waals surface area contributed by atoms with Gasteiger partial charge in [-0.3, -0.25) is 24.0 Å². The van der Waals surface area contributed by atoms with Gasteiger partial charge in [0.25, 0.3) is 10.0 Å². The van der Waals surface area contributed by atoms with Crippen molar-refractivity contribution in [3.8, 4) is 5.75 Å². The summed E-state index contributed by atoms with van der Waals surface area (Å²) in [6.45, 7) is 1.37. The van der Waals surface area contributed by atoms with Crippen LogP contribution in [0.5, 0.6) is 5.75 Å². The van der Waals surface area contributed by atoms with E-state index in [4.69, 9.17) is 4.74 Å². The SMILES string of the molecule is COc1ccc(N2C(=O)CCC2=O)cc1S(=O)(=O)Nc1ccc(NC(C)=O)cc1. The largest absolute Gasteiger partial charge is 0.495 e. The molecule has 0 atom stereocenters. The van der Waals surface area contributed by atoms with E-state index in [9.17, 15) is 22.8 Å². The van der Waals surface area contributed by atoms with E-state index < -0.39 is 10.0 Å². The van der Waals surface area contributed by atoms with E-state index in [1.165, 1.54) is 44.4 Å². The van der Waals surface area contributed by atoms with Gasteiger partial charge in [-0.05, 0) is 42.5 Å². The van der Waals surface area contributed by atoms with Crippen LogP contribution in [0.1, 0.15) is 19.8 Å². The maximum atomic E-state index is 12.9. The number of anilines is 3. The molecule has 2 N–H and O–H groups in total. The first-order chi connectivity index (χ1) is 13.7. The molecule has 0 radical (unpaired) electrons. The van der Waals surface area contributed by atoms with Crippen molar-refractivity contribution >= 4 is 44.8 Å². The van der Waals surface area contributed by atoms with Crippen LogP contribution in [-0.4, -0.2) is 33.2 Å². The van der Waals surface area contributed by atoms with Gasteiger partial charge in [0.1, 0.15) is 10.6 Å². The summed E-state index contributed by atoms with van der Waals surface area (Å²) < 4.78 is 33.4. The lowest BCUT2D eigenvalue weighted by molar-refractivity contribution is -0.121. The van der Waals surface area contributed by atoms with Gasteiger partial charge in [0.2, 0.25) is 17.7 Å². The number of methoxy groups -OCH3 is 1. The molecular formula is C19H19N3O6S. The molecule has 152 valence electrons. The molecule has 0 spiro atoms. The highest BCUT2D eigenvalue weighted by Crippen LogP contribution is 2.32. The van der Waals surface area contributed by atoms with Crippen LogP contribution in [0, 0.1) is 0 Å². The zero-order chi connectivity index (χ0) is 21.2. The number of nitrogens with one attached hydrogen (secondary N) is 2. The number of carbonyl (C=O) groups excluding carboxylic acids is 3. The third-order valence-electron chi connectivity index (χ3n) is 4.20. The summed E-state index contributed by atoms with van der Waals surface area (Å²) in [5.41, 5.74) is 0.950. The first kappa shape index (κ1) is 20.3. The second-order valence-corrected chi connectivity index (χ2v) is 7.97. The Morgan fingerprint density at radius 1 is 1.00 bits per heavy atom. The Hall–Kier alpha value is -3.40. The quantitative estimate of drug-likeness (QED) is 0.694. The number of hydrogen-bond acceptors (Lipinski definition) is 6. The molecule has 1 fully saturated rings. The van der Waals surface area contributed by atoms with Crippen LogP contribution in [-0.2, 0) is 24.4 Å². The lowest BCUT2D eigenvalue weighted by atomic mass is 10.2. The van der Waals surface area contributed by atoms with E-state index in [1.807, 2.05) is 0 Å². The third-order valence-corrected chi connectivity index (χ3v) is 5.61. The molecular weight excluding hydrogens is 398 g/mol. The molecule has 10 heteroatoms. The van der Waals surface area contributed by atoms with Crippen LogP contribution in [0.3, 0.4) is 0 Å². The molecule has 1 aliphatic heterocycles. The lowest BCUT2D eigenvalue weighted by Crippen LogP contribution is -2.28. The summed E-state index contributed by atoms with van der Waals surface area (Å²) in [4.78, 5) is 35.8. The molecule has 0 saturated carbocycles. The van der Waals surface area contributed by atoms with Crippen molar-refractivity contribution in [1.82, 2.24) is 0 Å². The summed E-state index contributed by atoms with van der Waals surface area (Å²) >= 11 is 0. The number of rotatable bonds is 6. The number of imide groups is 1. The molecule has 3 rings (SSSR count). The van der Waals surface area contributed by atoms with Gasteiger partial charge in [0.15, 0.2) is 0 Å². The molecule has 29 heavy (non-hydrogen) atoms. The van der Waals surface area contributed by atoms with Crippen molar-refractivity contribution in [2.75, 3.05) is 22.0 Å². The van der Waals surface area contributed by atoms with Crippen LogP contribution < -0.4 is 19.7 Å². The second-order valence-electron chi connectivity index (χ2n) is 6.32. The average molecular weight is 417 g/mol. The molecule has 0 unspecified atom stereocenters. The first-order valence-corrected chi connectivity index (χ1v) is 10.1. The van der Waals surface area contributed by atoms with Gasteiger partial charge in [0, 0.05) is 31.1 Å². The Bertz CT molecular complexity index is 1060. The van der Waals surface area contributed by atoms with Crippen LogP contribution in [0.25, 0.3) is 0 Å². The molecule has 0 aromatic heterocycles.